The molecule has 1 heterocycles. The largest absolute Gasteiger partial charge is 0.322 e. The van der Waals surface area contributed by atoms with Crippen LogP contribution in [0.25, 0.3) is 11.3 Å². The van der Waals surface area contributed by atoms with E-state index >= 15 is 0 Å². The van der Waals surface area contributed by atoms with Crippen LogP contribution in [0.3, 0.4) is 0 Å². The van der Waals surface area contributed by atoms with Gasteiger partial charge in [0.2, 0.25) is 11.8 Å². The van der Waals surface area contributed by atoms with Crippen LogP contribution in [0.2, 0.25) is 0 Å². The quantitative estimate of drug-likeness (QED) is 0.605. The molecule has 9 heteroatoms. The van der Waals surface area contributed by atoms with E-state index in [1.54, 1.807) is 51.2 Å². The molecule has 0 radical (unpaired) electrons. The maximum absolute atomic E-state index is 13.3. The molecule has 1 saturated carbocycles. The van der Waals surface area contributed by atoms with Gasteiger partial charge in [-0.1, -0.05) is 23.7 Å². The molecule has 31 heavy (non-hydrogen) atoms. The summed E-state index contributed by atoms with van der Waals surface area (Å²) in [5.74, 6) is -3.13. The molecule has 1 aromatic carbocycles. The van der Waals surface area contributed by atoms with Crippen LogP contribution in [0.15, 0.2) is 40.9 Å². The molecule has 0 spiro atoms. The molecule has 2 aromatic rings. The zero-order valence-corrected chi connectivity index (χ0v) is 18.4. The fourth-order valence-electron chi connectivity index (χ4n) is 3.36. The van der Waals surface area contributed by atoms with Crippen molar-refractivity contribution in [3.05, 3.63) is 40.9 Å². The molecule has 2 N–H and O–H groups in total. The highest BCUT2D eigenvalue weighted by molar-refractivity contribution is 6.32. The Hall–Kier alpha value is -2.74. The van der Waals surface area contributed by atoms with Crippen LogP contribution < -0.4 is 10.6 Å². The molecule has 1 aliphatic rings. The fourth-order valence-corrected chi connectivity index (χ4v) is 3.45. The molecule has 1 fully saturated rings. The molecule has 0 saturated heterocycles. The van der Waals surface area contributed by atoms with E-state index in [1.807, 2.05) is 0 Å². The van der Waals surface area contributed by atoms with Crippen LogP contribution in [-0.4, -0.2) is 27.5 Å². The Balaban J connectivity index is 1.66. The number of aromatic nitrogens is 2. The Bertz CT molecular complexity index is 1000. The van der Waals surface area contributed by atoms with E-state index in [0.717, 1.165) is 5.56 Å². The number of carbonyl (C=O) groups is 2. The fraction of sp³-hybridized carbons (Fsp3) is 0.409. The lowest BCUT2D eigenvalue weighted by Gasteiger charge is -2.27. The van der Waals surface area contributed by atoms with Gasteiger partial charge in [-0.05, 0) is 38.8 Å². The van der Waals surface area contributed by atoms with E-state index in [1.165, 1.54) is 4.68 Å². The van der Waals surface area contributed by atoms with Gasteiger partial charge in [-0.25, -0.2) is 8.78 Å². The first kappa shape index (κ1) is 22.9. The minimum absolute atomic E-state index is 0.175. The predicted molar refractivity (Wildman–Crippen MR) is 117 cm³/mol. The first-order valence-electron chi connectivity index (χ1n) is 10.0. The summed E-state index contributed by atoms with van der Waals surface area (Å²) in [7, 11) is 1.70. The Morgan fingerprint density at radius 1 is 1.13 bits per heavy atom. The number of anilines is 2. The van der Waals surface area contributed by atoms with Gasteiger partial charge < -0.3 is 10.6 Å². The molecular weight excluding hydrogens is 426 g/mol. The Morgan fingerprint density at radius 3 is 2.32 bits per heavy atom. The zero-order chi connectivity index (χ0) is 22.8. The number of rotatable bonds is 5. The smallest absolute Gasteiger partial charge is 0.252 e. The monoisotopic (exact) mass is 450 g/mol. The third kappa shape index (κ3) is 5.70. The highest BCUT2D eigenvalue weighted by Crippen LogP contribution is 2.36. The van der Waals surface area contributed by atoms with Crippen LogP contribution in [0.5, 0.6) is 0 Å². The second-order valence-electron chi connectivity index (χ2n) is 7.85. The van der Waals surface area contributed by atoms with Crippen LogP contribution >= 0.6 is 11.6 Å². The number of allylic oxidation sites excluding steroid dienone is 1. The van der Waals surface area contributed by atoms with E-state index < -0.39 is 11.8 Å². The average Bonchev–Trinajstić information content (AvgIpc) is 3.07. The van der Waals surface area contributed by atoms with Gasteiger partial charge in [0, 0.05) is 53.7 Å². The minimum atomic E-state index is -2.67. The highest BCUT2D eigenvalue weighted by atomic mass is 35.5. The summed E-state index contributed by atoms with van der Waals surface area (Å²) in [5, 5.41) is 10.4. The standard InChI is InChI=1S/C22H25ClF2N4O2/c1-13(14(2)23)20(30)26-17-6-4-15(5-7-17)18-12-19(29(3)28-18)27-21(31)16-8-10-22(24,25)11-9-16/h4-7,12,16H,8-11H2,1-3H3,(H,26,30)(H,27,31)/b14-13-. The Labute approximate surface area is 184 Å². The van der Waals surface area contributed by atoms with Crippen molar-refractivity contribution in [1.82, 2.24) is 9.78 Å². The van der Waals surface area contributed by atoms with E-state index in [4.69, 9.17) is 11.6 Å². The third-order valence-corrected chi connectivity index (χ3v) is 5.80. The molecule has 0 aliphatic heterocycles. The summed E-state index contributed by atoms with van der Waals surface area (Å²) in [6.45, 7) is 3.30. The van der Waals surface area contributed by atoms with Crippen LogP contribution in [0.1, 0.15) is 39.5 Å². The Morgan fingerprint density at radius 2 is 1.74 bits per heavy atom. The maximum Gasteiger partial charge on any atom is 0.252 e. The molecule has 0 atom stereocenters. The molecular formula is C22H25ClF2N4O2. The molecule has 1 aliphatic carbocycles. The molecule has 0 unspecified atom stereocenters. The summed E-state index contributed by atoms with van der Waals surface area (Å²) in [6, 6.07) is 8.84. The van der Waals surface area contributed by atoms with E-state index in [0.29, 0.717) is 27.8 Å². The summed E-state index contributed by atoms with van der Waals surface area (Å²) < 4.78 is 28.2. The topological polar surface area (TPSA) is 76.0 Å². The number of halogens is 3. The van der Waals surface area contributed by atoms with Crippen molar-refractivity contribution in [2.45, 2.75) is 45.5 Å². The molecule has 3 rings (SSSR count). The highest BCUT2D eigenvalue weighted by Gasteiger charge is 2.37. The van der Waals surface area contributed by atoms with Crippen molar-refractivity contribution in [3.63, 3.8) is 0 Å². The van der Waals surface area contributed by atoms with Crippen molar-refractivity contribution in [2.24, 2.45) is 13.0 Å². The van der Waals surface area contributed by atoms with Gasteiger partial charge >= 0.3 is 0 Å². The number of aryl methyl sites for hydroxylation is 1. The van der Waals surface area contributed by atoms with Crippen molar-refractivity contribution in [3.8, 4) is 11.3 Å². The van der Waals surface area contributed by atoms with E-state index in [-0.39, 0.29) is 37.5 Å². The molecule has 166 valence electrons. The van der Waals surface area contributed by atoms with E-state index in [2.05, 4.69) is 15.7 Å². The predicted octanol–water partition coefficient (Wildman–Crippen LogP) is 5.32. The second-order valence-corrected chi connectivity index (χ2v) is 8.41. The van der Waals surface area contributed by atoms with Gasteiger partial charge in [0.25, 0.3) is 5.91 Å². The Kier molecular flexibility index (Phi) is 6.79. The molecule has 1 aromatic heterocycles. The van der Waals surface area contributed by atoms with Crippen LogP contribution in [-0.2, 0) is 16.6 Å². The van der Waals surface area contributed by atoms with Crippen LogP contribution in [0.4, 0.5) is 20.3 Å². The van der Waals surface area contributed by atoms with Gasteiger partial charge in [0.15, 0.2) is 0 Å². The van der Waals surface area contributed by atoms with Crippen molar-refractivity contribution >= 4 is 34.9 Å². The van der Waals surface area contributed by atoms with Crippen molar-refractivity contribution in [1.29, 1.82) is 0 Å². The van der Waals surface area contributed by atoms with Crippen molar-refractivity contribution < 1.29 is 18.4 Å². The number of amides is 2. The second kappa shape index (κ2) is 9.18. The lowest BCUT2D eigenvalue weighted by molar-refractivity contribution is -0.124. The summed E-state index contributed by atoms with van der Waals surface area (Å²) in [5.41, 5.74) is 2.49. The van der Waals surface area contributed by atoms with Gasteiger partial charge in [0.05, 0.1) is 5.69 Å². The number of hydrogen-bond donors (Lipinski definition) is 2. The SMILES string of the molecule is C/C(Cl)=C(\C)C(=O)Nc1ccc(-c2cc(NC(=O)C3CCC(F)(F)CC3)n(C)n2)cc1. The number of hydrogen-bond acceptors (Lipinski definition) is 3. The van der Waals surface area contributed by atoms with Gasteiger partial charge in [-0.2, -0.15) is 5.10 Å². The number of carbonyl (C=O) groups excluding carboxylic acids is 2. The molecule has 0 bridgehead atoms. The van der Waals surface area contributed by atoms with Crippen molar-refractivity contribution in [2.75, 3.05) is 10.6 Å². The number of benzene rings is 1. The molecule has 6 nitrogen and oxygen atoms in total. The van der Waals surface area contributed by atoms with Crippen LogP contribution in [0, 0.1) is 5.92 Å². The lowest BCUT2D eigenvalue weighted by Crippen LogP contribution is -2.32. The number of alkyl halides is 2. The normalized spacial score (nSPS) is 17.1. The summed E-state index contributed by atoms with van der Waals surface area (Å²) >= 11 is 5.85. The third-order valence-electron chi connectivity index (χ3n) is 5.51. The zero-order valence-electron chi connectivity index (χ0n) is 17.6. The van der Waals surface area contributed by atoms with Gasteiger partial charge in [-0.3, -0.25) is 14.3 Å². The summed E-state index contributed by atoms with van der Waals surface area (Å²) in [4.78, 5) is 24.6. The number of nitrogens with zero attached hydrogens (tertiary/aromatic N) is 2. The molecule has 2 amide bonds. The van der Waals surface area contributed by atoms with Gasteiger partial charge in [0.1, 0.15) is 5.82 Å². The lowest BCUT2D eigenvalue weighted by atomic mass is 9.86. The maximum atomic E-state index is 13.3. The summed E-state index contributed by atoms with van der Waals surface area (Å²) in [6.07, 6.45) is -0.169. The minimum Gasteiger partial charge on any atom is -0.322 e. The first-order chi connectivity index (χ1) is 14.6. The van der Waals surface area contributed by atoms with E-state index in [9.17, 15) is 18.4 Å². The first-order valence-corrected chi connectivity index (χ1v) is 10.4. The average molecular weight is 451 g/mol. The number of nitrogens with one attached hydrogen (secondary N) is 2. The van der Waals surface area contributed by atoms with Gasteiger partial charge in [-0.15, -0.1) is 0 Å².